The highest BCUT2D eigenvalue weighted by Gasteiger charge is 2.35. The van der Waals surface area contributed by atoms with E-state index < -0.39 is 10.0 Å². The molecule has 1 aromatic heterocycles. The van der Waals surface area contributed by atoms with E-state index in [1.54, 1.807) is 37.7 Å². The van der Waals surface area contributed by atoms with E-state index in [1.165, 1.54) is 9.18 Å². The van der Waals surface area contributed by atoms with Crippen LogP contribution in [0.25, 0.3) is 0 Å². The molecule has 1 unspecified atom stereocenters. The molecule has 210 valence electrons. The van der Waals surface area contributed by atoms with Crippen molar-refractivity contribution in [3.05, 3.63) is 81.5 Å². The Hall–Kier alpha value is -2.72. The second-order valence-corrected chi connectivity index (χ2v) is 13.7. The number of hydrogen-bond donors (Lipinski definition) is 0. The van der Waals surface area contributed by atoms with Crippen LogP contribution < -0.4 is 4.74 Å². The first-order valence-electron chi connectivity index (χ1n) is 13.2. The maximum Gasteiger partial charge on any atom is 0.243 e. The molecule has 0 saturated heterocycles. The van der Waals surface area contributed by atoms with Gasteiger partial charge in [0.25, 0.3) is 0 Å². The van der Waals surface area contributed by atoms with Gasteiger partial charge < -0.3 is 14.4 Å². The van der Waals surface area contributed by atoms with E-state index in [2.05, 4.69) is 32.2 Å². The Morgan fingerprint density at radius 2 is 1.74 bits per heavy atom. The molecular formula is C30H38N2O5S2. The Kier molecular flexibility index (Phi) is 9.16. The molecule has 0 radical (unpaired) electrons. The van der Waals surface area contributed by atoms with Gasteiger partial charge in [-0.25, -0.2) is 8.42 Å². The fourth-order valence-electron chi connectivity index (χ4n) is 4.92. The second kappa shape index (κ2) is 12.2. The summed E-state index contributed by atoms with van der Waals surface area (Å²) in [6, 6.07) is 16.5. The molecule has 4 rings (SSSR count). The smallest absolute Gasteiger partial charge is 0.243 e. The third-order valence-electron chi connectivity index (χ3n) is 7.14. The lowest BCUT2D eigenvalue weighted by Gasteiger charge is -2.37. The molecule has 0 aliphatic carbocycles. The molecule has 1 amide bonds. The van der Waals surface area contributed by atoms with Crippen LogP contribution in [0.15, 0.2) is 64.9 Å². The van der Waals surface area contributed by atoms with Gasteiger partial charge in [-0.2, -0.15) is 4.31 Å². The summed E-state index contributed by atoms with van der Waals surface area (Å²) in [7, 11) is -0.696. The van der Waals surface area contributed by atoms with Gasteiger partial charge in [0.1, 0.15) is 5.75 Å². The Bertz CT molecular complexity index is 1360. The van der Waals surface area contributed by atoms with Gasteiger partial charge in [-0.1, -0.05) is 45.0 Å². The summed E-state index contributed by atoms with van der Waals surface area (Å²) in [5.74, 6) is 0.519. The molecular weight excluding hydrogens is 532 g/mol. The van der Waals surface area contributed by atoms with E-state index >= 15 is 0 Å². The summed E-state index contributed by atoms with van der Waals surface area (Å²) in [6.07, 6.45) is 1.23. The van der Waals surface area contributed by atoms with Gasteiger partial charge in [-0.3, -0.25) is 4.79 Å². The van der Waals surface area contributed by atoms with E-state index in [1.807, 2.05) is 41.3 Å². The summed E-state index contributed by atoms with van der Waals surface area (Å²) >= 11 is 1.69. The summed E-state index contributed by atoms with van der Waals surface area (Å²) in [5, 5.41) is 2.05. The number of sulfonamides is 1. The average molecular weight is 571 g/mol. The van der Waals surface area contributed by atoms with Gasteiger partial charge in [-0.15, -0.1) is 11.3 Å². The van der Waals surface area contributed by atoms with Crippen molar-refractivity contribution in [1.29, 1.82) is 0 Å². The molecule has 7 nitrogen and oxygen atoms in total. The highest BCUT2D eigenvalue weighted by Crippen LogP contribution is 2.38. The molecule has 1 aliphatic heterocycles. The van der Waals surface area contributed by atoms with E-state index in [-0.39, 0.29) is 35.3 Å². The van der Waals surface area contributed by atoms with Crippen LogP contribution in [0, 0.1) is 0 Å². The van der Waals surface area contributed by atoms with Crippen LogP contribution in [0.4, 0.5) is 0 Å². The maximum absolute atomic E-state index is 13.9. The van der Waals surface area contributed by atoms with E-state index in [0.29, 0.717) is 19.6 Å². The van der Waals surface area contributed by atoms with Crippen LogP contribution in [-0.2, 0) is 31.4 Å². The van der Waals surface area contributed by atoms with Gasteiger partial charge in [0.15, 0.2) is 0 Å². The van der Waals surface area contributed by atoms with Crippen LogP contribution in [-0.4, -0.2) is 64.0 Å². The molecule has 1 aliphatic rings. The summed E-state index contributed by atoms with van der Waals surface area (Å²) < 4.78 is 39.4. The predicted octanol–water partition coefficient (Wildman–Crippen LogP) is 5.26. The fourth-order valence-corrected chi connectivity index (χ4v) is 7.25. The molecule has 9 heteroatoms. The highest BCUT2D eigenvalue weighted by molar-refractivity contribution is 7.89. The standard InChI is InChI=1S/C30H38N2O5S2/c1-30(2,3)23-9-13-25(14-10-23)39(34,35)31(17-6-19-36-4)21-28(33)32-18-15-27-26(16-20-38-27)29(32)22-7-11-24(37-5)12-8-22/h7-14,16,20,29H,6,15,17-19,21H2,1-5H3. The minimum atomic E-state index is -3.90. The van der Waals surface area contributed by atoms with Crippen LogP contribution in [0.1, 0.15) is 54.8 Å². The third-order valence-corrected chi connectivity index (χ3v) is 10.00. The lowest BCUT2D eigenvalue weighted by atomic mass is 9.87. The van der Waals surface area contributed by atoms with Crippen molar-refractivity contribution in [1.82, 2.24) is 9.21 Å². The Morgan fingerprint density at radius 3 is 2.36 bits per heavy atom. The number of hydrogen-bond acceptors (Lipinski definition) is 6. The van der Waals surface area contributed by atoms with Gasteiger partial charge in [0.2, 0.25) is 15.9 Å². The van der Waals surface area contributed by atoms with Crippen molar-refractivity contribution in [3.8, 4) is 5.75 Å². The van der Waals surface area contributed by atoms with Crippen molar-refractivity contribution in [2.45, 2.75) is 50.0 Å². The van der Waals surface area contributed by atoms with Gasteiger partial charge in [-0.05, 0) is 70.7 Å². The van der Waals surface area contributed by atoms with E-state index in [4.69, 9.17) is 9.47 Å². The predicted molar refractivity (Wildman–Crippen MR) is 155 cm³/mol. The molecule has 0 spiro atoms. The van der Waals surface area contributed by atoms with Gasteiger partial charge in [0, 0.05) is 31.7 Å². The maximum atomic E-state index is 13.9. The molecule has 1 atom stereocenters. The van der Waals surface area contributed by atoms with Gasteiger partial charge in [0.05, 0.1) is 24.6 Å². The van der Waals surface area contributed by atoms with Crippen molar-refractivity contribution in [3.63, 3.8) is 0 Å². The number of nitrogens with zero attached hydrogens (tertiary/aromatic N) is 2. The number of benzene rings is 2. The van der Waals surface area contributed by atoms with Crippen molar-refractivity contribution in [2.24, 2.45) is 0 Å². The zero-order valence-corrected chi connectivity index (χ0v) is 25.0. The zero-order valence-electron chi connectivity index (χ0n) is 23.3. The van der Waals surface area contributed by atoms with Crippen LogP contribution in [0.3, 0.4) is 0 Å². The van der Waals surface area contributed by atoms with Crippen LogP contribution >= 0.6 is 11.3 Å². The first kappa shape index (κ1) is 29.3. The molecule has 0 fully saturated rings. The minimum absolute atomic E-state index is 0.0956. The number of carbonyl (C=O) groups excluding carboxylic acids is 1. The molecule has 39 heavy (non-hydrogen) atoms. The molecule has 2 aromatic carbocycles. The first-order chi connectivity index (χ1) is 18.6. The van der Waals surface area contributed by atoms with E-state index in [9.17, 15) is 13.2 Å². The van der Waals surface area contributed by atoms with Gasteiger partial charge >= 0.3 is 0 Å². The number of rotatable bonds is 10. The zero-order chi connectivity index (χ0) is 28.2. The molecule has 3 aromatic rings. The summed E-state index contributed by atoms with van der Waals surface area (Å²) in [4.78, 5) is 17.2. The molecule has 0 N–H and O–H groups in total. The van der Waals surface area contributed by atoms with E-state index in [0.717, 1.165) is 28.9 Å². The molecule has 2 heterocycles. The number of amides is 1. The average Bonchev–Trinajstić information content (AvgIpc) is 3.40. The topological polar surface area (TPSA) is 76.2 Å². The number of fused-ring (bicyclic) bond motifs is 1. The Labute approximate surface area is 236 Å². The fraction of sp³-hybridized carbons (Fsp3) is 0.433. The number of methoxy groups -OCH3 is 2. The third kappa shape index (κ3) is 6.54. The number of ether oxygens (including phenoxy) is 2. The minimum Gasteiger partial charge on any atom is -0.497 e. The first-order valence-corrected chi connectivity index (χ1v) is 15.5. The monoisotopic (exact) mass is 570 g/mol. The molecule has 0 saturated carbocycles. The van der Waals surface area contributed by atoms with Crippen molar-refractivity contribution >= 4 is 27.3 Å². The van der Waals surface area contributed by atoms with Crippen molar-refractivity contribution < 1.29 is 22.7 Å². The summed E-state index contributed by atoms with van der Waals surface area (Å²) in [6.45, 7) is 7.14. The van der Waals surface area contributed by atoms with Crippen molar-refractivity contribution in [2.75, 3.05) is 40.5 Å². The second-order valence-electron chi connectivity index (χ2n) is 10.8. The molecule has 0 bridgehead atoms. The lowest BCUT2D eigenvalue weighted by Crippen LogP contribution is -2.47. The SMILES string of the molecule is COCCCN(CC(=O)N1CCc2sccc2C1c1ccc(OC)cc1)S(=O)(=O)c1ccc(C(C)(C)C)cc1. The lowest BCUT2D eigenvalue weighted by molar-refractivity contribution is -0.133. The largest absolute Gasteiger partial charge is 0.497 e. The summed E-state index contributed by atoms with van der Waals surface area (Å²) in [5.41, 5.74) is 3.01. The van der Waals surface area contributed by atoms with Crippen LogP contribution in [0.5, 0.6) is 5.75 Å². The normalized spacial score (nSPS) is 15.8. The Balaban J connectivity index is 1.63. The Morgan fingerprint density at radius 1 is 1.05 bits per heavy atom. The quantitative estimate of drug-likeness (QED) is 0.311. The number of carbonyl (C=O) groups is 1. The highest BCUT2D eigenvalue weighted by atomic mass is 32.2. The van der Waals surface area contributed by atoms with Crippen LogP contribution in [0.2, 0.25) is 0 Å². The number of thiophene rings is 1.